The van der Waals surface area contributed by atoms with Crippen LogP contribution < -0.4 is 15.4 Å². The van der Waals surface area contributed by atoms with Crippen molar-refractivity contribution < 1.29 is 22.7 Å². The Balaban J connectivity index is 1.35. The van der Waals surface area contributed by atoms with Gasteiger partial charge >= 0.3 is 6.18 Å². The summed E-state index contributed by atoms with van der Waals surface area (Å²) in [6.07, 6.45) is 0.360. The van der Waals surface area contributed by atoms with Crippen LogP contribution in [0.15, 0.2) is 91.0 Å². The average molecular weight is 627 g/mol. The molecule has 6 rings (SSSR count). The summed E-state index contributed by atoms with van der Waals surface area (Å²) in [5.41, 5.74) is 2.37. The van der Waals surface area contributed by atoms with Gasteiger partial charge in [-0.3, -0.25) is 4.79 Å². The maximum Gasteiger partial charge on any atom is 0.435 e. The zero-order valence-corrected chi connectivity index (χ0v) is 25.9. The summed E-state index contributed by atoms with van der Waals surface area (Å²) in [7, 11) is 1.65. The molecule has 0 aliphatic heterocycles. The van der Waals surface area contributed by atoms with Gasteiger partial charge in [-0.05, 0) is 90.4 Å². The molecule has 1 saturated carbocycles. The number of rotatable bonds is 12. The average Bonchev–Trinajstić information content (AvgIpc) is 3.77. The summed E-state index contributed by atoms with van der Waals surface area (Å²) in [4.78, 5) is 13.7. The molecule has 1 atom stereocenters. The molecule has 238 valence electrons. The lowest BCUT2D eigenvalue weighted by Gasteiger charge is -2.24. The van der Waals surface area contributed by atoms with Crippen LogP contribution in [-0.4, -0.2) is 29.3 Å². The van der Waals surface area contributed by atoms with E-state index >= 15 is 0 Å². The number of carbonyl (C=O) groups excluding carboxylic acids is 1. The number of anilines is 1. The number of methoxy groups -OCH3 is 1. The smallest absolute Gasteiger partial charge is 0.435 e. The number of alkyl halides is 3. The number of amides is 1. The number of hydrogen-bond donors (Lipinski definition) is 2. The van der Waals surface area contributed by atoms with Crippen LogP contribution in [0, 0.1) is 5.92 Å². The van der Waals surface area contributed by atoms with Gasteiger partial charge in [0.2, 0.25) is 0 Å². The van der Waals surface area contributed by atoms with Crippen molar-refractivity contribution in [2.45, 2.75) is 51.2 Å². The molecule has 1 heterocycles. The van der Waals surface area contributed by atoms with Gasteiger partial charge in [0.05, 0.1) is 18.8 Å². The SMILES string of the molecule is CCCCc1cccc(-n2nc(C(F)(F)F)cc2C(=O)Nc2cccc(C(NCC3CC3)c3c(OC)ccc4ccccc34)c2)c1. The Morgan fingerprint density at radius 1 is 1.00 bits per heavy atom. The van der Waals surface area contributed by atoms with Gasteiger partial charge in [0.25, 0.3) is 5.91 Å². The summed E-state index contributed by atoms with van der Waals surface area (Å²) in [5.74, 6) is 0.658. The molecule has 0 spiro atoms. The summed E-state index contributed by atoms with van der Waals surface area (Å²) < 4.78 is 48.4. The predicted molar refractivity (Wildman–Crippen MR) is 175 cm³/mol. The second-order valence-electron chi connectivity index (χ2n) is 11.9. The first kappa shape index (κ1) is 31.4. The summed E-state index contributed by atoms with van der Waals surface area (Å²) >= 11 is 0. The van der Waals surface area contributed by atoms with Crippen LogP contribution in [0.3, 0.4) is 0 Å². The Kier molecular flexibility index (Phi) is 9.12. The van der Waals surface area contributed by atoms with Crippen molar-refractivity contribution in [2.24, 2.45) is 5.92 Å². The third kappa shape index (κ3) is 6.94. The topological polar surface area (TPSA) is 68.2 Å². The second-order valence-corrected chi connectivity index (χ2v) is 11.9. The van der Waals surface area contributed by atoms with Crippen molar-refractivity contribution in [3.05, 3.63) is 119 Å². The van der Waals surface area contributed by atoms with E-state index in [9.17, 15) is 18.0 Å². The lowest BCUT2D eigenvalue weighted by atomic mass is 9.92. The fourth-order valence-corrected chi connectivity index (χ4v) is 5.84. The van der Waals surface area contributed by atoms with Crippen LogP contribution in [0.1, 0.15) is 71.5 Å². The minimum atomic E-state index is -4.71. The van der Waals surface area contributed by atoms with E-state index in [2.05, 4.69) is 34.8 Å². The zero-order valence-electron chi connectivity index (χ0n) is 25.9. The molecule has 0 saturated heterocycles. The highest BCUT2D eigenvalue weighted by atomic mass is 19.4. The molecular formula is C37H37F3N4O2. The maximum absolute atomic E-state index is 13.8. The van der Waals surface area contributed by atoms with Gasteiger partial charge in [-0.2, -0.15) is 18.3 Å². The molecule has 6 nitrogen and oxygen atoms in total. The van der Waals surface area contributed by atoms with E-state index in [-0.39, 0.29) is 11.7 Å². The third-order valence-corrected chi connectivity index (χ3v) is 8.43. The molecule has 46 heavy (non-hydrogen) atoms. The number of aromatic nitrogens is 2. The minimum absolute atomic E-state index is 0.204. The van der Waals surface area contributed by atoms with Crippen LogP contribution >= 0.6 is 0 Å². The Labute approximate surface area is 266 Å². The van der Waals surface area contributed by atoms with Crippen LogP contribution in [0.4, 0.5) is 18.9 Å². The molecule has 1 unspecified atom stereocenters. The Bertz CT molecular complexity index is 1840. The number of unbranched alkanes of at least 4 members (excludes halogenated alkanes) is 1. The highest BCUT2D eigenvalue weighted by Crippen LogP contribution is 2.38. The third-order valence-electron chi connectivity index (χ3n) is 8.43. The Hall–Kier alpha value is -4.63. The van der Waals surface area contributed by atoms with E-state index < -0.39 is 17.8 Å². The number of hydrogen-bond acceptors (Lipinski definition) is 4. The summed E-state index contributed by atoms with van der Waals surface area (Å²) in [6, 6.07) is 27.2. The fourth-order valence-electron chi connectivity index (χ4n) is 5.84. The standard InChI is InChI=1S/C37H37F3N4O2/c1-3-4-9-24-10-7-14-29(20-24)44-31(22-33(43-44)37(38,39)40)36(45)42-28-13-8-12-27(21-28)35(41-23-25-16-17-25)34-30-15-6-5-11-26(30)18-19-32(34)46-2/h5-8,10-15,18-22,25,35,41H,3-4,9,16-17,23H2,1-2H3,(H,42,45). The highest BCUT2D eigenvalue weighted by Gasteiger charge is 2.36. The molecule has 1 aromatic heterocycles. The molecule has 0 radical (unpaired) electrons. The molecule has 5 aromatic rings. The van der Waals surface area contributed by atoms with Gasteiger partial charge in [-0.1, -0.05) is 67.9 Å². The summed E-state index contributed by atoms with van der Waals surface area (Å²) in [6.45, 7) is 2.90. The van der Waals surface area contributed by atoms with Crippen LogP contribution in [0.5, 0.6) is 5.75 Å². The van der Waals surface area contributed by atoms with Gasteiger partial charge in [0, 0.05) is 17.3 Å². The maximum atomic E-state index is 13.8. The van der Waals surface area contributed by atoms with Gasteiger partial charge < -0.3 is 15.4 Å². The van der Waals surface area contributed by atoms with Crippen LogP contribution in [-0.2, 0) is 12.6 Å². The molecule has 1 aliphatic rings. The molecule has 4 aromatic carbocycles. The number of nitrogens with one attached hydrogen (secondary N) is 2. The molecule has 2 N–H and O–H groups in total. The molecule has 9 heteroatoms. The van der Waals surface area contributed by atoms with Gasteiger partial charge in [-0.25, -0.2) is 4.68 Å². The van der Waals surface area contributed by atoms with Gasteiger partial charge in [0.1, 0.15) is 11.4 Å². The number of fused-ring (bicyclic) bond motifs is 1. The zero-order chi connectivity index (χ0) is 32.3. The van der Waals surface area contributed by atoms with Crippen molar-refractivity contribution in [3.8, 4) is 11.4 Å². The number of benzene rings is 4. The molecule has 0 bridgehead atoms. The minimum Gasteiger partial charge on any atom is -0.496 e. The monoisotopic (exact) mass is 626 g/mol. The highest BCUT2D eigenvalue weighted by molar-refractivity contribution is 6.03. The molecule has 1 fully saturated rings. The van der Waals surface area contributed by atoms with Crippen molar-refractivity contribution in [1.82, 2.24) is 15.1 Å². The van der Waals surface area contributed by atoms with Crippen molar-refractivity contribution in [3.63, 3.8) is 0 Å². The van der Waals surface area contributed by atoms with Crippen molar-refractivity contribution in [2.75, 3.05) is 19.0 Å². The normalized spacial score (nSPS) is 13.9. The largest absolute Gasteiger partial charge is 0.496 e. The quantitative estimate of drug-likeness (QED) is 0.145. The van der Waals surface area contributed by atoms with Gasteiger partial charge in [0.15, 0.2) is 5.69 Å². The second kappa shape index (κ2) is 13.4. The first-order chi connectivity index (χ1) is 22.2. The number of carbonyl (C=O) groups is 1. The first-order valence-electron chi connectivity index (χ1n) is 15.7. The summed E-state index contributed by atoms with van der Waals surface area (Å²) in [5, 5.41) is 12.5. The van der Waals surface area contributed by atoms with E-state index in [0.717, 1.165) is 69.8 Å². The predicted octanol–water partition coefficient (Wildman–Crippen LogP) is 8.74. The lowest BCUT2D eigenvalue weighted by molar-refractivity contribution is -0.141. The Morgan fingerprint density at radius 2 is 1.80 bits per heavy atom. The van der Waals surface area contributed by atoms with E-state index in [1.165, 1.54) is 12.8 Å². The van der Waals surface area contributed by atoms with Crippen molar-refractivity contribution >= 4 is 22.4 Å². The van der Waals surface area contributed by atoms with E-state index in [1.54, 1.807) is 31.4 Å². The molecule has 1 aliphatic carbocycles. The first-order valence-corrected chi connectivity index (χ1v) is 15.7. The number of nitrogens with zero attached hydrogens (tertiary/aromatic N) is 2. The fraction of sp³-hybridized carbons (Fsp3) is 0.297. The van der Waals surface area contributed by atoms with E-state index in [0.29, 0.717) is 17.3 Å². The Morgan fingerprint density at radius 3 is 2.57 bits per heavy atom. The number of ether oxygens (including phenoxy) is 1. The number of halogens is 3. The van der Waals surface area contributed by atoms with E-state index in [4.69, 9.17) is 4.74 Å². The number of aryl methyl sites for hydroxylation is 1. The van der Waals surface area contributed by atoms with Crippen molar-refractivity contribution in [1.29, 1.82) is 0 Å². The molecule has 1 amide bonds. The van der Waals surface area contributed by atoms with Crippen LogP contribution in [0.25, 0.3) is 16.5 Å². The molecular weight excluding hydrogens is 589 g/mol. The van der Waals surface area contributed by atoms with Crippen LogP contribution in [0.2, 0.25) is 0 Å². The lowest BCUT2D eigenvalue weighted by Crippen LogP contribution is -2.25. The van der Waals surface area contributed by atoms with E-state index in [1.807, 2.05) is 48.5 Å². The van der Waals surface area contributed by atoms with Gasteiger partial charge in [-0.15, -0.1) is 0 Å².